The Bertz CT molecular complexity index is 255. The molecule has 0 saturated carbocycles. The third-order valence-electron chi connectivity index (χ3n) is 2.33. The minimum atomic E-state index is -0.369. The molecule has 15 heavy (non-hydrogen) atoms. The summed E-state index contributed by atoms with van der Waals surface area (Å²) in [5.41, 5.74) is 5.19. The van der Waals surface area contributed by atoms with Gasteiger partial charge in [0.25, 0.3) is 0 Å². The molecule has 0 aromatic heterocycles. The average molecular weight is 229 g/mol. The Morgan fingerprint density at radius 1 is 1.80 bits per heavy atom. The highest BCUT2D eigenvalue weighted by atomic mass is 32.2. The second-order valence-electron chi connectivity index (χ2n) is 3.63. The normalized spacial score (nSPS) is 17.7. The van der Waals surface area contributed by atoms with Crippen molar-refractivity contribution in [1.29, 1.82) is 0 Å². The maximum atomic E-state index is 10.9. The molecule has 5 heteroatoms. The number of unbranched alkanes of at least 4 members (excludes halogenated alkanes) is 1. The van der Waals surface area contributed by atoms with E-state index in [-0.39, 0.29) is 6.03 Å². The number of rotatable bonds is 5. The Hall–Kier alpha value is -0.680. The molecule has 1 aliphatic heterocycles. The molecule has 0 fully saturated rings. The molecule has 86 valence electrons. The molecule has 0 aliphatic carbocycles. The summed E-state index contributed by atoms with van der Waals surface area (Å²) in [6.45, 7) is 5.92. The monoisotopic (exact) mass is 229 g/mol. The molecule has 0 aromatic carbocycles. The van der Waals surface area contributed by atoms with E-state index < -0.39 is 0 Å². The number of primary amides is 1. The van der Waals surface area contributed by atoms with Crippen LogP contribution in [-0.2, 0) is 0 Å². The highest BCUT2D eigenvalue weighted by Crippen LogP contribution is 2.29. The molecular formula is C10H19N3OS. The summed E-state index contributed by atoms with van der Waals surface area (Å²) >= 11 is 1.44. The maximum Gasteiger partial charge on any atom is 0.325 e. The third kappa shape index (κ3) is 3.76. The van der Waals surface area contributed by atoms with Crippen molar-refractivity contribution in [2.45, 2.75) is 32.7 Å². The number of carbonyl (C=O) groups excluding carboxylic acids is 1. The summed E-state index contributed by atoms with van der Waals surface area (Å²) in [6.07, 6.45) is 4.43. The van der Waals surface area contributed by atoms with Crippen LogP contribution in [0.3, 0.4) is 0 Å². The molecular weight excluding hydrogens is 210 g/mol. The van der Waals surface area contributed by atoms with E-state index in [2.05, 4.69) is 25.2 Å². The molecule has 1 rings (SSSR count). The summed E-state index contributed by atoms with van der Waals surface area (Å²) in [7, 11) is 0. The molecule has 3 N–H and O–H groups in total. The van der Waals surface area contributed by atoms with E-state index in [1.165, 1.54) is 29.7 Å². The van der Waals surface area contributed by atoms with Crippen molar-refractivity contribution >= 4 is 18.0 Å². The summed E-state index contributed by atoms with van der Waals surface area (Å²) in [5, 5.41) is 3.42. The van der Waals surface area contributed by atoms with Gasteiger partial charge in [-0.3, -0.25) is 4.31 Å². The van der Waals surface area contributed by atoms with Gasteiger partial charge in [0, 0.05) is 10.9 Å². The number of hydrogen-bond acceptors (Lipinski definition) is 3. The maximum absolute atomic E-state index is 10.9. The van der Waals surface area contributed by atoms with Crippen molar-refractivity contribution in [3.05, 3.63) is 11.0 Å². The summed E-state index contributed by atoms with van der Waals surface area (Å²) < 4.78 is 1.56. The Kier molecular flexibility index (Phi) is 4.98. The van der Waals surface area contributed by atoms with Crippen LogP contribution in [-0.4, -0.2) is 29.5 Å². The Labute approximate surface area is 95.4 Å². The summed E-state index contributed by atoms with van der Waals surface area (Å²) in [6, 6.07) is -0.0575. The SMILES string of the molecule is CCCCNC(C)C1=CCN(C(N)=O)S1. The fourth-order valence-corrected chi connectivity index (χ4v) is 2.25. The van der Waals surface area contributed by atoms with E-state index in [0.29, 0.717) is 12.6 Å². The fraction of sp³-hybridized carbons (Fsp3) is 0.700. The van der Waals surface area contributed by atoms with E-state index in [9.17, 15) is 4.79 Å². The van der Waals surface area contributed by atoms with Crippen molar-refractivity contribution in [2.75, 3.05) is 13.1 Å². The second-order valence-corrected chi connectivity index (χ2v) is 4.72. The number of nitrogens with two attached hydrogens (primary N) is 1. The van der Waals surface area contributed by atoms with Gasteiger partial charge in [-0.05, 0) is 31.8 Å². The zero-order valence-corrected chi connectivity index (χ0v) is 10.1. The van der Waals surface area contributed by atoms with Gasteiger partial charge in [0.05, 0.1) is 6.54 Å². The van der Waals surface area contributed by atoms with Gasteiger partial charge in [0.15, 0.2) is 0 Å². The number of hydrogen-bond donors (Lipinski definition) is 2. The van der Waals surface area contributed by atoms with Gasteiger partial charge in [-0.1, -0.05) is 19.4 Å². The molecule has 0 spiro atoms. The minimum absolute atomic E-state index is 0.311. The smallest absolute Gasteiger partial charge is 0.325 e. The van der Waals surface area contributed by atoms with Gasteiger partial charge in [-0.15, -0.1) is 0 Å². The third-order valence-corrected chi connectivity index (χ3v) is 3.61. The first-order valence-corrected chi connectivity index (χ1v) is 6.11. The van der Waals surface area contributed by atoms with Gasteiger partial charge in [0.2, 0.25) is 0 Å². The molecule has 1 unspecified atom stereocenters. The quantitative estimate of drug-likeness (QED) is 0.557. The van der Waals surface area contributed by atoms with Crippen LogP contribution >= 0.6 is 11.9 Å². The van der Waals surface area contributed by atoms with Gasteiger partial charge in [-0.25, -0.2) is 4.79 Å². The molecule has 0 radical (unpaired) electrons. The lowest BCUT2D eigenvalue weighted by atomic mass is 10.2. The first-order chi connectivity index (χ1) is 7.15. The number of carbonyl (C=O) groups is 1. The van der Waals surface area contributed by atoms with Gasteiger partial charge in [0.1, 0.15) is 0 Å². The van der Waals surface area contributed by atoms with Gasteiger partial charge < -0.3 is 11.1 Å². The van der Waals surface area contributed by atoms with Crippen LogP contribution in [0.2, 0.25) is 0 Å². The zero-order chi connectivity index (χ0) is 11.3. The molecule has 1 aliphatic rings. The predicted octanol–water partition coefficient (Wildman–Crippen LogP) is 1.69. The van der Waals surface area contributed by atoms with Crippen LogP contribution in [0.5, 0.6) is 0 Å². The largest absolute Gasteiger partial charge is 0.351 e. The number of urea groups is 1. The van der Waals surface area contributed by atoms with E-state index in [0.717, 1.165) is 6.54 Å². The Morgan fingerprint density at radius 2 is 2.53 bits per heavy atom. The van der Waals surface area contributed by atoms with E-state index in [1.54, 1.807) is 4.31 Å². The molecule has 0 saturated heterocycles. The van der Waals surface area contributed by atoms with E-state index >= 15 is 0 Å². The van der Waals surface area contributed by atoms with Crippen molar-refractivity contribution in [1.82, 2.24) is 9.62 Å². The minimum Gasteiger partial charge on any atom is -0.351 e. The van der Waals surface area contributed by atoms with Gasteiger partial charge in [-0.2, -0.15) is 0 Å². The lowest BCUT2D eigenvalue weighted by Gasteiger charge is -2.16. The van der Waals surface area contributed by atoms with Gasteiger partial charge >= 0.3 is 6.03 Å². The number of nitrogens with zero attached hydrogens (tertiary/aromatic N) is 1. The highest BCUT2D eigenvalue weighted by molar-refractivity contribution is 8.01. The van der Waals surface area contributed by atoms with Crippen molar-refractivity contribution in [2.24, 2.45) is 5.73 Å². The lowest BCUT2D eigenvalue weighted by Crippen LogP contribution is -2.30. The van der Waals surface area contributed by atoms with E-state index in [4.69, 9.17) is 5.73 Å². The first-order valence-electron chi connectivity index (χ1n) is 5.33. The topological polar surface area (TPSA) is 58.4 Å². The zero-order valence-electron chi connectivity index (χ0n) is 9.32. The van der Waals surface area contributed by atoms with Crippen LogP contribution in [0.25, 0.3) is 0 Å². The predicted molar refractivity (Wildman–Crippen MR) is 64.3 cm³/mol. The molecule has 1 heterocycles. The lowest BCUT2D eigenvalue weighted by molar-refractivity contribution is 0.237. The van der Waals surface area contributed by atoms with Crippen molar-refractivity contribution in [3.8, 4) is 0 Å². The van der Waals surface area contributed by atoms with Crippen LogP contribution < -0.4 is 11.1 Å². The summed E-state index contributed by atoms with van der Waals surface area (Å²) in [4.78, 5) is 12.1. The molecule has 0 aromatic rings. The first kappa shape index (κ1) is 12.4. The summed E-state index contributed by atoms with van der Waals surface area (Å²) in [5.74, 6) is 0. The van der Waals surface area contributed by atoms with Crippen LogP contribution in [0.15, 0.2) is 11.0 Å². The molecule has 2 amide bonds. The van der Waals surface area contributed by atoms with Crippen LogP contribution in [0.1, 0.15) is 26.7 Å². The molecule has 1 atom stereocenters. The molecule has 4 nitrogen and oxygen atoms in total. The van der Waals surface area contributed by atoms with Crippen molar-refractivity contribution in [3.63, 3.8) is 0 Å². The second kappa shape index (κ2) is 6.02. The highest BCUT2D eigenvalue weighted by Gasteiger charge is 2.21. The van der Waals surface area contributed by atoms with E-state index in [1.807, 2.05) is 0 Å². The van der Waals surface area contributed by atoms with Crippen LogP contribution in [0, 0.1) is 0 Å². The average Bonchev–Trinajstić information content (AvgIpc) is 2.66. The number of amides is 2. The Morgan fingerprint density at radius 3 is 3.07 bits per heavy atom. The number of nitrogens with one attached hydrogen (secondary N) is 1. The Balaban J connectivity index is 2.29. The van der Waals surface area contributed by atoms with Crippen molar-refractivity contribution < 1.29 is 4.79 Å². The molecule has 0 bridgehead atoms. The fourth-order valence-electron chi connectivity index (χ4n) is 1.36. The standard InChI is InChI=1S/C10H19N3OS/c1-3-4-6-12-8(2)9-5-7-13(15-9)10(11)14/h5,8,12H,3-4,6-7H2,1-2H3,(H2,11,14). The van der Waals surface area contributed by atoms with Crippen LogP contribution in [0.4, 0.5) is 4.79 Å².